The molecule has 1 fully saturated rings. The van der Waals surface area contributed by atoms with E-state index in [1.54, 1.807) is 24.4 Å². The van der Waals surface area contributed by atoms with Crippen molar-refractivity contribution < 1.29 is 23.8 Å². The second kappa shape index (κ2) is 8.16. The highest BCUT2D eigenvalue weighted by Crippen LogP contribution is 2.32. The van der Waals surface area contributed by atoms with Gasteiger partial charge in [0.25, 0.3) is 5.91 Å². The van der Waals surface area contributed by atoms with Gasteiger partial charge in [-0.2, -0.15) is 0 Å². The number of rotatable bonds is 6. The van der Waals surface area contributed by atoms with Crippen LogP contribution in [0.3, 0.4) is 0 Å². The van der Waals surface area contributed by atoms with Crippen LogP contribution in [0.15, 0.2) is 36.5 Å². The molecule has 0 atom stereocenters. The summed E-state index contributed by atoms with van der Waals surface area (Å²) in [6.07, 6.45) is 3.81. The third-order valence-electron chi connectivity index (χ3n) is 4.67. The van der Waals surface area contributed by atoms with E-state index in [1.807, 2.05) is 12.1 Å². The van der Waals surface area contributed by atoms with Crippen molar-refractivity contribution in [3.05, 3.63) is 47.7 Å². The summed E-state index contributed by atoms with van der Waals surface area (Å²) in [4.78, 5) is 30.9. The Morgan fingerprint density at radius 2 is 1.96 bits per heavy atom. The van der Waals surface area contributed by atoms with Gasteiger partial charge in [-0.15, -0.1) is 0 Å². The Labute approximate surface area is 162 Å². The van der Waals surface area contributed by atoms with Crippen molar-refractivity contribution in [2.75, 3.05) is 31.4 Å². The molecule has 0 saturated carbocycles. The Morgan fingerprint density at radius 1 is 1.14 bits per heavy atom. The first-order valence-corrected chi connectivity index (χ1v) is 9.23. The minimum absolute atomic E-state index is 0.203. The summed E-state index contributed by atoms with van der Waals surface area (Å²) in [5.74, 6) is 1.04. The predicted octanol–water partition coefficient (Wildman–Crippen LogP) is 1.88. The van der Waals surface area contributed by atoms with Gasteiger partial charge in [-0.05, 0) is 42.7 Å². The Kier molecular flexibility index (Phi) is 5.27. The number of fused-ring (bicyclic) bond motifs is 1. The summed E-state index contributed by atoms with van der Waals surface area (Å²) in [6, 6.07) is 8.82. The van der Waals surface area contributed by atoms with E-state index in [-0.39, 0.29) is 19.3 Å². The standard InChI is InChI=1S/C20H21N3O5/c24-18(22-11-14-5-6-16-17(10-14)28-13-27-16)12-26-20(25)15-4-3-7-21-19(15)23-8-1-2-9-23/h3-7,10H,1-2,8-9,11-13H2,(H,22,24). The van der Waals surface area contributed by atoms with Crippen LogP contribution in [-0.4, -0.2) is 43.3 Å². The minimum Gasteiger partial charge on any atom is -0.454 e. The van der Waals surface area contributed by atoms with E-state index in [2.05, 4.69) is 15.2 Å². The van der Waals surface area contributed by atoms with Crippen molar-refractivity contribution in [2.45, 2.75) is 19.4 Å². The Bertz CT molecular complexity index is 880. The van der Waals surface area contributed by atoms with Crippen LogP contribution in [0.4, 0.5) is 5.82 Å². The van der Waals surface area contributed by atoms with Gasteiger partial charge in [0.1, 0.15) is 11.4 Å². The molecule has 0 aliphatic carbocycles. The lowest BCUT2D eigenvalue weighted by atomic mass is 10.2. The summed E-state index contributed by atoms with van der Waals surface area (Å²) < 4.78 is 15.8. The minimum atomic E-state index is -0.548. The highest BCUT2D eigenvalue weighted by Gasteiger charge is 2.22. The summed E-state index contributed by atoms with van der Waals surface area (Å²) >= 11 is 0. The number of aromatic nitrogens is 1. The number of esters is 1. The molecule has 28 heavy (non-hydrogen) atoms. The van der Waals surface area contributed by atoms with Gasteiger partial charge < -0.3 is 24.4 Å². The zero-order chi connectivity index (χ0) is 19.3. The maximum absolute atomic E-state index is 12.4. The van der Waals surface area contributed by atoms with E-state index in [0.29, 0.717) is 29.4 Å². The Balaban J connectivity index is 1.29. The van der Waals surface area contributed by atoms with Crippen molar-refractivity contribution in [1.29, 1.82) is 0 Å². The average Bonchev–Trinajstić information content (AvgIpc) is 3.42. The van der Waals surface area contributed by atoms with Crippen LogP contribution < -0.4 is 19.7 Å². The van der Waals surface area contributed by atoms with Gasteiger partial charge in [-0.3, -0.25) is 4.79 Å². The van der Waals surface area contributed by atoms with E-state index in [1.165, 1.54) is 0 Å². The van der Waals surface area contributed by atoms with Crippen LogP contribution in [0.5, 0.6) is 11.5 Å². The predicted molar refractivity (Wildman–Crippen MR) is 100 cm³/mol. The van der Waals surface area contributed by atoms with Crippen molar-refractivity contribution in [2.24, 2.45) is 0 Å². The molecule has 8 nitrogen and oxygen atoms in total. The zero-order valence-corrected chi connectivity index (χ0v) is 15.3. The molecule has 0 radical (unpaired) electrons. The smallest absolute Gasteiger partial charge is 0.342 e. The number of benzene rings is 1. The molecule has 1 amide bonds. The first-order chi connectivity index (χ1) is 13.7. The van der Waals surface area contributed by atoms with Crippen LogP contribution in [0, 0.1) is 0 Å². The third kappa shape index (κ3) is 4.00. The van der Waals surface area contributed by atoms with Crippen molar-refractivity contribution in [3.8, 4) is 11.5 Å². The monoisotopic (exact) mass is 383 g/mol. The van der Waals surface area contributed by atoms with Gasteiger partial charge in [0, 0.05) is 25.8 Å². The molecule has 8 heteroatoms. The number of hydrogen-bond acceptors (Lipinski definition) is 7. The molecular formula is C20H21N3O5. The summed E-state index contributed by atoms with van der Waals surface area (Å²) in [7, 11) is 0. The molecule has 146 valence electrons. The number of carbonyl (C=O) groups is 2. The lowest BCUT2D eigenvalue weighted by molar-refractivity contribution is -0.124. The molecule has 1 aromatic heterocycles. The normalized spacial score (nSPS) is 14.8. The van der Waals surface area contributed by atoms with E-state index >= 15 is 0 Å². The van der Waals surface area contributed by atoms with Crippen LogP contribution in [0.2, 0.25) is 0 Å². The lowest BCUT2D eigenvalue weighted by Crippen LogP contribution is -2.29. The number of anilines is 1. The number of nitrogens with one attached hydrogen (secondary N) is 1. The fraction of sp³-hybridized carbons (Fsp3) is 0.350. The number of ether oxygens (including phenoxy) is 3. The highest BCUT2D eigenvalue weighted by atomic mass is 16.7. The summed E-state index contributed by atoms with van der Waals surface area (Å²) in [6.45, 7) is 1.89. The lowest BCUT2D eigenvalue weighted by Gasteiger charge is -2.18. The molecular weight excluding hydrogens is 362 g/mol. The number of pyridine rings is 1. The molecule has 0 spiro atoms. The van der Waals surface area contributed by atoms with Crippen LogP contribution >= 0.6 is 0 Å². The fourth-order valence-electron chi connectivity index (χ4n) is 3.25. The maximum Gasteiger partial charge on any atom is 0.342 e. The molecule has 0 unspecified atom stereocenters. The van der Waals surface area contributed by atoms with E-state index in [9.17, 15) is 9.59 Å². The molecule has 3 heterocycles. The Morgan fingerprint density at radius 3 is 2.82 bits per heavy atom. The SMILES string of the molecule is O=C(COC(=O)c1cccnc1N1CCCC1)NCc1ccc2c(c1)OCO2. The first kappa shape index (κ1) is 18.1. The second-order valence-corrected chi connectivity index (χ2v) is 6.61. The topological polar surface area (TPSA) is 90.0 Å². The van der Waals surface area contributed by atoms with Gasteiger partial charge in [0.15, 0.2) is 18.1 Å². The molecule has 1 saturated heterocycles. The van der Waals surface area contributed by atoms with Crippen LogP contribution in [0.25, 0.3) is 0 Å². The third-order valence-corrected chi connectivity index (χ3v) is 4.67. The average molecular weight is 383 g/mol. The van der Waals surface area contributed by atoms with Gasteiger partial charge >= 0.3 is 5.97 Å². The van der Waals surface area contributed by atoms with Gasteiger partial charge in [-0.1, -0.05) is 6.07 Å². The number of amides is 1. The van der Waals surface area contributed by atoms with Crippen LogP contribution in [0.1, 0.15) is 28.8 Å². The first-order valence-electron chi connectivity index (χ1n) is 9.23. The van der Waals surface area contributed by atoms with Crippen molar-refractivity contribution in [3.63, 3.8) is 0 Å². The largest absolute Gasteiger partial charge is 0.454 e. The molecule has 4 rings (SSSR count). The van der Waals surface area contributed by atoms with Crippen molar-refractivity contribution >= 4 is 17.7 Å². The van der Waals surface area contributed by atoms with Gasteiger partial charge in [0.2, 0.25) is 6.79 Å². The van der Waals surface area contributed by atoms with Gasteiger partial charge in [-0.25, -0.2) is 9.78 Å². The molecule has 1 aromatic carbocycles. The molecule has 1 N–H and O–H groups in total. The Hall–Kier alpha value is -3.29. The highest BCUT2D eigenvalue weighted by molar-refractivity contribution is 5.96. The zero-order valence-electron chi connectivity index (χ0n) is 15.3. The summed E-state index contributed by atoms with van der Waals surface area (Å²) in [5, 5.41) is 2.73. The quantitative estimate of drug-likeness (QED) is 0.762. The number of carbonyl (C=O) groups excluding carboxylic acids is 2. The second-order valence-electron chi connectivity index (χ2n) is 6.61. The fourth-order valence-corrected chi connectivity index (χ4v) is 3.25. The molecule has 2 aliphatic rings. The number of hydrogen-bond donors (Lipinski definition) is 1. The van der Waals surface area contributed by atoms with E-state index in [0.717, 1.165) is 31.5 Å². The molecule has 2 aromatic rings. The van der Waals surface area contributed by atoms with E-state index in [4.69, 9.17) is 14.2 Å². The van der Waals surface area contributed by atoms with Gasteiger partial charge in [0.05, 0.1) is 0 Å². The van der Waals surface area contributed by atoms with Crippen LogP contribution in [-0.2, 0) is 16.1 Å². The van der Waals surface area contributed by atoms with Crippen molar-refractivity contribution in [1.82, 2.24) is 10.3 Å². The maximum atomic E-state index is 12.4. The molecule has 2 aliphatic heterocycles. The summed E-state index contributed by atoms with van der Waals surface area (Å²) in [5.41, 5.74) is 1.25. The van der Waals surface area contributed by atoms with E-state index < -0.39 is 5.97 Å². The molecule has 0 bridgehead atoms. The number of nitrogens with zero attached hydrogens (tertiary/aromatic N) is 2.